The number of hydrogen-bond acceptors (Lipinski definition) is 4. The van der Waals surface area contributed by atoms with E-state index in [1.165, 1.54) is 0 Å². The van der Waals surface area contributed by atoms with Crippen molar-refractivity contribution in [3.8, 4) is 0 Å². The summed E-state index contributed by atoms with van der Waals surface area (Å²) in [5.41, 5.74) is 4.35. The highest BCUT2D eigenvalue weighted by molar-refractivity contribution is 7.89. The van der Waals surface area contributed by atoms with Crippen molar-refractivity contribution in [3.05, 3.63) is 59.5 Å². The standard InChI is InChI=1S/C16H18N4O2S/c1-11-5-6-20-14(10-19-16(20)7-11)9-18-13-4-3-12(2)15(8-13)23(17,21)22/h3-8,10,18H,9H2,1-2H3,(H2,17,21,22). The summed E-state index contributed by atoms with van der Waals surface area (Å²) in [6.45, 7) is 4.27. The van der Waals surface area contributed by atoms with Gasteiger partial charge in [0.05, 0.1) is 23.3 Å². The molecule has 3 rings (SSSR count). The Morgan fingerprint density at radius 3 is 2.74 bits per heavy atom. The fourth-order valence-corrected chi connectivity index (χ4v) is 3.28. The van der Waals surface area contributed by atoms with Gasteiger partial charge < -0.3 is 9.72 Å². The normalized spacial score (nSPS) is 11.8. The summed E-state index contributed by atoms with van der Waals surface area (Å²) in [6.07, 6.45) is 3.77. The minimum atomic E-state index is -3.73. The quantitative estimate of drug-likeness (QED) is 0.767. The zero-order valence-electron chi connectivity index (χ0n) is 12.9. The van der Waals surface area contributed by atoms with Gasteiger partial charge in [0.25, 0.3) is 0 Å². The molecule has 2 heterocycles. The second kappa shape index (κ2) is 5.68. The summed E-state index contributed by atoms with van der Waals surface area (Å²) >= 11 is 0. The number of rotatable bonds is 4. The van der Waals surface area contributed by atoms with Crippen LogP contribution >= 0.6 is 0 Å². The second-order valence-electron chi connectivity index (χ2n) is 5.56. The Hall–Kier alpha value is -2.38. The number of fused-ring (bicyclic) bond motifs is 1. The third-order valence-corrected chi connectivity index (χ3v) is 4.77. The average Bonchev–Trinajstić information content (AvgIpc) is 2.87. The van der Waals surface area contributed by atoms with E-state index in [0.717, 1.165) is 16.9 Å². The van der Waals surface area contributed by atoms with Gasteiger partial charge in [0, 0.05) is 11.9 Å². The summed E-state index contributed by atoms with van der Waals surface area (Å²) in [5.74, 6) is 0. The van der Waals surface area contributed by atoms with Gasteiger partial charge in [-0.3, -0.25) is 0 Å². The first-order valence-electron chi connectivity index (χ1n) is 7.14. The molecule has 0 spiro atoms. The van der Waals surface area contributed by atoms with Crippen molar-refractivity contribution in [2.24, 2.45) is 5.14 Å². The lowest BCUT2D eigenvalue weighted by Gasteiger charge is -2.10. The van der Waals surface area contributed by atoms with E-state index < -0.39 is 10.0 Å². The van der Waals surface area contributed by atoms with Crippen LogP contribution < -0.4 is 10.5 Å². The molecule has 0 radical (unpaired) electrons. The third kappa shape index (κ3) is 3.20. The van der Waals surface area contributed by atoms with E-state index in [9.17, 15) is 8.42 Å². The number of nitrogens with two attached hydrogens (primary N) is 1. The molecule has 0 saturated carbocycles. The minimum absolute atomic E-state index is 0.135. The van der Waals surface area contributed by atoms with Crippen molar-refractivity contribution in [2.75, 3.05) is 5.32 Å². The van der Waals surface area contributed by atoms with Crippen LogP contribution in [0, 0.1) is 13.8 Å². The Labute approximate surface area is 135 Å². The molecule has 0 aliphatic rings. The Bertz CT molecular complexity index is 977. The average molecular weight is 330 g/mol. The molecule has 0 bridgehead atoms. The molecule has 120 valence electrons. The zero-order chi connectivity index (χ0) is 16.6. The predicted molar refractivity (Wildman–Crippen MR) is 89.8 cm³/mol. The topological polar surface area (TPSA) is 89.5 Å². The maximum Gasteiger partial charge on any atom is 0.238 e. The highest BCUT2D eigenvalue weighted by Gasteiger charge is 2.12. The third-order valence-electron chi connectivity index (χ3n) is 3.71. The Kier molecular flexibility index (Phi) is 3.83. The van der Waals surface area contributed by atoms with Crippen LogP contribution in [0.25, 0.3) is 5.65 Å². The summed E-state index contributed by atoms with van der Waals surface area (Å²) in [5, 5.41) is 8.45. The number of imidazole rings is 1. The van der Waals surface area contributed by atoms with Crippen LogP contribution in [0.2, 0.25) is 0 Å². The van der Waals surface area contributed by atoms with Crippen LogP contribution in [0.3, 0.4) is 0 Å². The van der Waals surface area contributed by atoms with Crippen molar-refractivity contribution in [1.82, 2.24) is 9.38 Å². The first kappa shape index (κ1) is 15.5. The van der Waals surface area contributed by atoms with Crippen molar-refractivity contribution in [3.63, 3.8) is 0 Å². The monoisotopic (exact) mass is 330 g/mol. The fraction of sp³-hybridized carbons (Fsp3) is 0.188. The molecule has 0 unspecified atom stereocenters. The summed E-state index contributed by atoms with van der Waals surface area (Å²) in [4.78, 5) is 4.51. The second-order valence-corrected chi connectivity index (χ2v) is 7.09. The summed E-state index contributed by atoms with van der Waals surface area (Å²) in [6, 6.07) is 9.15. The van der Waals surface area contributed by atoms with Crippen molar-refractivity contribution in [2.45, 2.75) is 25.3 Å². The molecule has 1 aromatic carbocycles. The SMILES string of the molecule is Cc1ccn2c(CNc3ccc(C)c(S(N)(=O)=O)c3)cnc2c1. The number of aryl methyl sites for hydroxylation is 2. The number of nitrogens with one attached hydrogen (secondary N) is 1. The number of pyridine rings is 1. The molecule has 6 nitrogen and oxygen atoms in total. The molecule has 0 aliphatic heterocycles. The van der Waals surface area contributed by atoms with Gasteiger partial charge >= 0.3 is 0 Å². The van der Waals surface area contributed by atoms with E-state index in [2.05, 4.69) is 10.3 Å². The lowest BCUT2D eigenvalue weighted by molar-refractivity contribution is 0.597. The van der Waals surface area contributed by atoms with Crippen molar-refractivity contribution >= 4 is 21.4 Å². The predicted octanol–water partition coefficient (Wildman–Crippen LogP) is 2.21. The Morgan fingerprint density at radius 2 is 2.00 bits per heavy atom. The molecule has 7 heteroatoms. The molecule has 3 aromatic rings. The van der Waals surface area contributed by atoms with Gasteiger partial charge in [0.2, 0.25) is 10.0 Å². The Balaban J connectivity index is 1.85. The molecule has 0 aliphatic carbocycles. The minimum Gasteiger partial charge on any atom is -0.379 e. The first-order chi connectivity index (χ1) is 10.8. The maximum atomic E-state index is 11.6. The smallest absolute Gasteiger partial charge is 0.238 e. The molecule has 0 saturated heterocycles. The maximum absolute atomic E-state index is 11.6. The van der Waals surface area contributed by atoms with Crippen LogP contribution in [0.15, 0.2) is 47.6 Å². The number of primary sulfonamides is 1. The number of aromatic nitrogens is 2. The van der Waals surface area contributed by atoms with Crippen molar-refractivity contribution in [1.29, 1.82) is 0 Å². The highest BCUT2D eigenvalue weighted by atomic mass is 32.2. The van der Waals surface area contributed by atoms with Crippen LogP contribution in [-0.4, -0.2) is 17.8 Å². The number of nitrogens with zero attached hydrogens (tertiary/aromatic N) is 2. The fourth-order valence-electron chi connectivity index (χ4n) is 2.47. The Morgan fingerprint density at radius 1 is 1.22 bits per heavy atom. The molecule has 3 N–H and O–H groups in total. The van der Waals surface area contributed by atoms with Gasteiger partial charge in [-0.15, -0.1) is 0 Å². The van der Waals surface area contributed by atoms with E-state index in [1.54, 1.807) is 25.3 Å². The number of anilines is 1. The lowest BCUT2D eigenvalue weighted by atomic mass is 10.2. The first-order valence-corrected chi connectivity index (χ1v) is 8.69. The zero-order valence-corrected chi connectivity index (χ0v) is 13.8. The van der Waals surface area contributed by atoms with Gasteiger partial charge in [-0.05, 0) is 49.2 Å². The van der Waals surface area contributed by atoms with E-state index in [0.29, 0.717) is 17.8 Å². The molecule has 2 aromatic heterocycles. The molecule has 0 fully saturated rings. The van der Waals surface area contributed by atoms with E-state index >= 15 is 0 Å². The molecule has 23 heavy (non-hydrogen) atoms. The van der Waals surface area contributed by atoms with Gasteiger partial charge in [0.1, 0.15) is 5.65 Å². The van der Waals surface area contributed by atoms with Gasteiger partial charge in [-0.1, -0.05) is 6.07 Å². The number of benzene rings is 1. The van der Waals surface area contributed by atoms with E-state index in [1.807, 2.05) is 35.7 Å². The lowest BCUT2D eigenvalue weighted by Crippen LogP contribution is -2.14. The van der Waals surface area contributed by atoms with Crippen LogP contribution in [0.4, 0.5) is 5.69 Å². The van der Waals surface area contributed by atoms with Gasteiger partial charge in [-0.2, -0.15) is 0 Å². The van der Waals surface area contributed by atoms with Gasteiger partial charge in [-0.25, -0.2) is 18.5 Å². The summed E-state index contributed by atoms with van der Waals surface area (Å²) < 4.78 is 25.2. The number of sulfonamides is 1. The van der Waals surface area contributed by atoms with E-state index in [4.69, 9.17) is 5.14 Å². The number of hydrogen-bond donors (Lipinski definition) is 2. The van der Waals surface area contributed by atoms with Gasteiger partial charge in [0.15, 0.2) is 0 Å². The highest BCUT2D eigenvalue weighted by Crippen LogP contribution is 2.20. The molecular formula is C16H18N4O2S. The van der Waals surface area contributed by atoms with Crippen molar-refractivity contribution < 1.29 is 8.42 Å². The molecule has 0 amide bonds. The van der Waals surface area contributed by atoms with E-state index in [-0.39, 0.29) is 4.90 Å². The van der Waals surface area contributed by atoms with Crippen LogP contribution in [0.1, 0.15) is 16.8 Å². The largest absolute Gasteiger partial charge is 0.379 e. The van der Waals surface area contributed by atoms with Crippen LogP contribution in [0.5, 0.6) is 0 Å². The molecule has 0 atom stereocenters. The molecular weight excluding hydrogens is 312 g/mol. The van der Waals surface area contributed by atoms with Crippen LogP contribution in [-0.2, 0) is 16.6 Å². The summed E-state index contributed by atoms with van der Waals surface area (Å²) in [7, 11) is -3.73.